The van der Waals surface area contributed by atoms with E-state index in [1.165, 1.54) is 42.3 Å². The van der Waals surface area contributed by atoms with Crippen LogP contribution in [-0.2, 0) is 9.53 Å². The van der Waals surface area contributed by atoms with E-state index >= 15 is 0 Å². The Labute approximate surface area is 151 Å². The van der Waals surface area contributed by atoms with E-state index in [1.54, 1.807) is 6.07 Å². The van der Waals surface area contributed by atoms with Crippen LogP contribution in [0.2, 0.25) is 5.02 Å². The van der Waals surface area contributed by atoms with Crippen molar-refractivity contribution < 1.29 is 14.3 Å². The molecule has 0 radical (unpaired) electrons. The first kappa shape index (κ1) is 19.5. The van der Waals surface area contributed by atoms with Crippen LogP contribution in [0, 0.1) is 0 Å². The minimum absolute atomic E-state index is 0. The van der Waals surface area contributed by atoms with Crippen LogP contribution in [0.25, 0.3) is 0 Å². The van der Waals surface area contributed by atoms with Gasteiger partial charge in [-0.05, 0) is 18.2 Å². The number of nitrogens with one attached hydrogen (secondary N) is 1. The number of anilines is 2. The molecule has 0 atom stereocenters. The lowest BCUT2D eigenvalue weighted by Crippen LogP contribution is -2.14. The van der Waals surface area contributed by atoms with Gasteiger partial charge in [-0.25, -0.2) is 4.79 Å². The highest BCUT2D eigenvalue weighted by Gasteiger charge is 2.13. The second-order valence-electron chi connectivity index (χ2n) is 3.93. The zero-order valence-corrected chi connectivity index (χ0v) is 14.9. The lowest BCUT2D eigenvalue weighted by Gasteiger charge is -2.07. The topological polar surface area (TPSA) is 107 Å². The molecule has 1 aromatic carbocycles. The Balaban J connectivity index is 0.00000264. The maximum atomic E-state index is 11.9. The number of hydrogen-bond acceptors (Lipinski definition) is 8. The molecule has 0 bridgehead atoms. The molecule has 0 unspecified atom stereocenters. The Kier molecular flexibility index (Phi) is 7.56. The number of rotatable bonds is 5. The SMILES string of the molecule is COC(=O)c1cc(NC(=O)CSc2nnc(N)s2)ccc1Cl.Cl. The van der Waals surface area contributed by atoms with E-state index in [4.69, 9.17) is 17.3 Å². The lowest BCUT2D eigenvalue weighted by atomic mass is 10.2. The minimum Gasteiger partial charge on any atom is -0.465 e. The Morgan fingerprint density at radius 1 is 1.43 bits per heavy atom. The normalized spacial score (nSPS) is 9.83. The lowest BCUT2D eigenvalue weighted by molar-refractivity contribution is -0.113. The summed E-state index contributed by atoms with van der Waals surface area (Å²) in [4.78, 5) is 23.4. The molecule has 0 fully saturated rings. The molecule has 2 aromatic rings. The highest BCUT2D eigenvalue weighted by atomic mass is 35.5. The van der Waals surface area contributed by atoms with Gasteiger partial charge in [0.25, 0.3) is 0 Å². The third-order valence-electron chi connectivity index (χ3n) is 2.40. The van der Waals surface area contributed by atoms with Gasteiger partial charge in [0.15, 0.2) is 4.34 Å². The molecular weight excluding hydrogens is 383 g/mol. The van der Waals surface area contributed by atoms with Crippen molar-refractivity contribution in [2.45, 2.75) is 4.34 Å². The molecule has 0 aliphatic heterocycles. The Bertz CT molecular complexity index is 711. The number of nitrogen functional groups attached to an aromatic ring is 1. The van der Waals surface area contributed by atoms with E-state index in [0.29, 0.717) is 15.2 Å². The molecule has 0 spiro atoms. The molecule has 124 valence electrons. The fourth-order valence-corrected chi connectivity index (χ4v) is 3.10. The number of hydrogen-bond donors (Lipinski definition) is 2. The molecule has 0 aliphatic carbocycles. The van der Waals surface area contributed by atoms with Crippen LogP contribution in [-0.4, -0.2) is 34.9 Å². The van der Waals surface area contributed by atoms with Crippen molar-refractivity contribution in [3.05, 3.63) is 28.8 Å². The van der Waals surface area contributed by atoms with Gasteiger partial charge in [0.05, 0.1) is 23.4 Å². The number of thioether (sulfide) groups is 1. The Morgan fingerprint density at radius 2 is 2.17 bits per heavy atom. The van der Waals surface area contributed by atoms with Crippen molar-refractivity contribution in [1.29, 1.82) is 0 Å². The van der Waals surface area contributed by atoms with Crippen molar-refractivity contribution in [1.82, 2.24) is 10.2 Å². The summed E-state index contributed by atoms with van der Waals surface area (Å²) in [6, 6.07) is 4.57. The number of ether oxygens (including phenoxy) is 1. The van der Waals surface area contributed by atoms with Crippen LogP contribution in [0.15, 0.2) is 22.5 Å². The summed E-state index contributed by atoms with van der Waals surface area (Å²) < 4.78 is 5.23. The number of benzene rings is 1. The Hall–Kier alpha value is -1.55. The van der Waals surface area contributed by atoms with Gasteiger partial charge in [0, 0.05) is 5.69 Å². The molecule has 1 heterocycles. The first-order chi connectivity index (χ1) is 10.5. The van der Waals surface area contributed by atoms with Gasteiger partial charge in [-0.2, -0.15) is 0 Å². The average molecular weight is 395 g/mol. The predicted molar refractivity (Wildman–Crippen MR) is 93.7 cm³/mol. The summed E-state index contributed by atoms with van der Waals surface area (Å²) in [6.07, 6.45) is 0. The summed E-state index contributed by atoms with van der Waals surface area (Å²) >= 11 is 8.34. The minimum atomic E-state index is -0.570. The quantitative estimate of drug-likeness (QED) is 0.592. The molecule has 0 saturated heterocycles. The summed E-state index contributed by atoms with van der Waals surface area (Å²) in [7, 11) is 1.26. The van der Waals surface area contributed by atoms with Gasteiger partial charge in [-0.15, -0.1) is 22.6 Å². The third-order valence-corrected chi connectivity index (χ3v) is 4.62. The number of carbonyl (C=O) groups is 2. The number of nitrogens with two attached hydrogens (primary N) is 1. The number of aromatic nitrogens is 2. The van der Waals surface area contributed by atoms with Crippen LogP contribution in [0.1, 0.15) is 10.4 Å². The van der Waals surface area contributed by atoms with E-state index in [2.05, 4.69) is 20.3 Å². The molecular formula is C12H12Cl2N4O3S2. The number of carbonyl (C=O) groups excluding carboxylic acids is 2. The summed E-state index contributed by atoms with van der Waals surface area (Å²) in [5.41, 5.74) is 6.09. The third kappa shape index (κ3) is 5.54. The van der Waals surface area contributed by atoms with Gasteiger partial charge >= 0.3 is 5.97 Å². The fraction of sp³-hybridized carbons (Fsp3) is 0.167. The second kappa shape index (κ2) is 8.92. The van der Waals surface area contributed by atoms with E-state index < -0.39 is 5.97 Å². The van der Waals surface area contributed by atoms with Gasteiger partial charge < -0.3 is 15.8 Å². The highest BCUT2D eigenvalue weighted by molar-refractivity contribution is 8.01. The average Bonchev–Trinajstić information content (AvgIpc) is 2.92. The molecule has 23 heavy (non-hydrogen) atoms. The number of amides is 1. The van der Waals surface area contributed by atoms with Crippen LogP contribution < -0.4 is 11.1 Å². The van der Waals surface area contributed by atoms with Crippen LogP contribution in [0.3, 0.4) is 0 Å². The van der Waals surface area contributed by atoms with Crippen LogP contribution in [0.5, 0.6) is 0 Å². The van der Waals surface area contributed by atoms with Crippen LogP contribution >= 0.6 is 47.1 Å². The van der Waals surface area contributed by atoms with Gasteiger partial charge in [0.1, 0.15) is 0 Å². The number of nitrogens with zero attached hydrogens (tertiary/aromatic N) is 2. The first-order valence-electron chi connectivity index (χ1n) is 5.89. The fourth-order valence-electron chi connectivity index (χ4n) is 1.47. The van der Waals surface area contributed by atoms with E-state index in [0.717, 1.165) is 0 Å². The van der Waals surface area contributed by atoms with E-state index in [-0.39, 0.29) is 34.7 Å². The molecule has 0 saturated carbocycles. The van der Waals surface area contributed by atoms with Crippen molar-refractivity contribution in [2.24, 2.45) is 0 Å². The molecule has 11 heteroatoms. The Morgan fingerprint density at radius 3 is 2.78 bits per heavy atom. The largest absolute Gasteiger partial charge is 0.465 e. The second-order valence-corrected chi connectivity index (χ2v) is 6.57. The molecule has 1 aromatic heterocycles. The molecule has 2 rings (SSSR count). The monoisotopic (exact) mass is 394 g/mol. The maximum Gasteiger partial charge on any atom is 0.339 e. The zero-order chi connectivity index (χ0) is 16.1. The maximum absolute atomic E-state index is 11.9. The van der Waals surface area contributed by atoms with Crippen molar-refractivity contribution >= 4 is 69.8 Å². The van der Waals surface area contributed by atoms with E-state index in [9.17, 15) is 9.59 Å². The van der Waals surface area contributed by atoms with Crippen molar-refractivity contribution in [3.8, 4) is 0 Å². The summed E-state index contributed by atoms with van der Waals surface area (Å²) in [6.45, 7) is 0. The molecule has 7 nitrogen and oxygen atoms in total. The molecule has 3 N–H and O–H groups in total. The standard InChI is InChI=1S/C12H11ClN4O3S2.ClH/c1-20-10(19)7-4-6(2-3-8(7)13)15-9(18)5-21-12-17-16-11(14)22-12;/h2-4H,5H2,1H3,(H2,14,16)(H,15,18);1H. The van der Waals surface area contributed by atoms with Gasteiger partial charge in [0.2, 0.25) is 11.0 Å². The van der Waals surface area contributed by atoms with Crippen LogP contribution in [0.4, 0.5) is 10.8 Å². The van der Waals surface area contributed by atoms with E-state index in [1.807, 2.05) is 0 Å². The highest BCUT2D eigenvalue weighted by Crippen LogP contribution is 2.24. The first-order valence-corrected chi connectivity index (χ1v) is 8.07. The summed E-state index contributed by atoms with van der Waals surface area (Å²) in [5, 5.41) is 10.7. The number of esters is 1. The zero-order valence-electron chi connectivity index (χ0n) is 11.7. The van der Waals surface area contributed by atoms with Crippen molar-refractivity contribution in [2.75, 3.05) is 23.9 Å². The van der Waals surface area contributed by atoms with Crippen molar-refractivity contribution in [3.63, 3.8) is 0 Å². The molecule has 0 aliphatic rings. The van der Waals surface area contributed by atoms with Gasteiger partial charge in [-0.1, -0.05) is 34.7 Å². The summed E-state index contributed by atoms with van der Waals surface area (Å²) in [5.74, 6) is -0.679. The molecule has 1 amide bonds. The smallest absolute Gasteiger partial charge is 0.339 e. The number of halogens is 2. The van der Waals surface area contributed by atoms with Gasteiger partial charge in [-0.3, -0.25) is 4.79 Å². The number of methoxy groups -OCH3 is 1. The predicted octanol–water partition coefficient (Wildman–Crippen LogP) is 2.71.